The second kappa shape index (κ2) is 9.88. The number of aromatic nitrogens is 4. The zero-order valence-corrected chi connectivity index (χ0v) is 17.5. The lowest BCUT2D eigenvalue weighted by molar-refractivity contribution is -0.144. The normalized spacial score (nSPS) is 11.8. The van der Waals surface area contributed by atoms with Gasteiger partial charge in [-0.1, -0.05) is 6.07 Å². The molecule has 0 radical (unpaired) electrons. The van der Waals surface area contributed by atoms with E-state index in [0.717, 1.165) is 29.0 Å². The van der Waals surface area contributed by atoms with Crippen molar-refractivity contribution < 1.29 is 22.6 Å². The second-order valence-electron chi connectivity index (χ2n) is 6.77. The molecule has 3 rings (SSSR count). The summed E-state index contributed by atoms with van der Waals surface area (Å²) in [6, 6.07) is 6.40. The molecule has 7 nitrogen and oxygen atoms in total. The van der Waals surface area contributed by atoms with Gasteiger partial charge in [-0.2, -0.15) is 18.3 Å². The van der Waals surface area contributed by atoms with Crippen LogP contribution in [-0.2, 0) is 22.2 Å². The molecule has 2 heterocycles. The molecule has 0 bridgehead atoms. The van der Waals surface area contributed by atoms with Gasteiger partial charge in [0, 0.05) is 36.9 Å². The number of anilines is 2. The van der Waals surface area contributed by atoms with Crippen molar-refractivity contribution in [3.05, 3.63) is 54.1 Å². The largest absolute Gasteiger partial charge is 0.433 e. The van der Waals surface area contributed by atoms with E-state index in [1.54, 1.807) is 23.0 Å². The molecule has 0 fully saturated rings. The fourth-order valence-electron chi connectivity index (χ4n) is 3.02. The molecule has 0 aliphatic heterocycles. The first kappa shape index (κ1) is 22.7. The number of halogens is 3. The Labute approximate surface area is 178 Å². The summed E-state index contributed by atoms with van der Waals surface area (Å²) < 4.78 is 51.5. The Morgan fingerprint density at radius 3 is 2.52 bits per heavy atom. The molecule has 0 saturated carbocycles. The maximum Gasteiger partial charge on any atom is 0.433 e. The van der Waals surface area contributed by atoms with Gasteiger partial charge in [-0.05, 0) is 50.1 Å². The van der Waals surface area contributed by atoms with Crippen LogP contribution in [0.25, 0.3) is 11.1 Å². The highest BCUT2D eigenvalue weighted by Gasteiger charge is 2.32. The van der Waals surface area contributed by atoms with E-state index in [1.807, 2.05) is 33.0 Å². The van der Waals surface area contributed by atoms with Gasteiger partial charge in [0.15, 0.2) is 6.29 Å². The summed E-state index contributed by atoms with van der Waals surface area (Å²) in [4.78, 5) is 7.44. The van der Waals surface area contributed by atoms with E-state index in [-0.39, 0.29) is 5.95 Å². The molecule has 1 N–H and O–H groups in total. The van der Waals surface area contributed by atoms with Crippen LogP contribution in [0.15, 0.2) is 42.9 Å². The standard InChI is InChI=1S/C21H24F3N5O2/c1-4-30-19(31-5-2)13-29-12-16(11-26-29)15-8-14(3)9-17(10-15)27-20-25-7-6-18(28-20)21(22,23)24/h6-12,19H,4-5,13H2,1-3H3,(H,25,27,28). The minimum absolute atomic E-state index is 0.127. The summed E-state index contributed by atoms with van der Waals surface area (Å²) in [6.45, 7) is 7.20. The quantitative estimate of drug-likeness (QED) is 0.486. The highest BCUT2D eigenvalue weighted by molar-refractivity contribution is 5.70. The number of benzene rings is 1. The van der Waals surface area contributed by atoms with Gasteiger partial charge in [-0.3, -0.25) is 4.68 Å². The number of aryl methyl sites for hydroxylation is 1. The van der Waals surface area contributed by atoms with Crippen molar-refractivity contribution in [2.24, 2.45) is 0 Å². The number of nitrogens with zero attached hydrogens (tertiary/aromatic N) is 4. The third-order valence-electron chi connectivity index (χ3n) is 4.29. The molecule has 0 spiro atoms. The van der Waals surface area contributed by atoms with Crippen molar-refractivity contribution in [1.29, 1.82) is 0 Å². The number of alkyl halides is 3. The Kier molecular flexibility index (Phi) is 7.24. The first-order chi connectivity index (χ1) is 14.8. The first-order valence-electron chi connectivity index (χ1n) is 9.83. The average Bonchev–Trinajstić information content (AvgIpc) is 3.16. The first-order valence-corrected chi connectivity index (χ1v) is 9.83. The Hall–Kier alpha value is -2.98. The fraction of sp³-hybridized carbons (Fsp3) is 0.381. The van der Waals surface area contributed by atoms with Gasteiger partial charge < -0.3 is 14.8 Å². The highest BCUT2D eigenvalue weighted by Crippen LogP contribution is 2.29. The molecule has 1 aromatic carbocycles. The number of hydrogen-bond acceptors (Lipinski definition) is 6. The number of hydrogen-bond donors (Lipinski definition) is 1. The zero-order chi connectivity index (χ0) is 22.4. The predicted molar refractivity (Wildman–Crippen MR) is 110 cm³/mol. The molecular formula is C21H24F3N5O2. The Morgan fingerprint density at radius 2 is 1.84 bits per heavy atom. The van der Waals surface area contributed by atoms with E-state index >= 15 is 0 Å². The van der Waals surface area contributed by atoms with E-state index < -0.39 is 18.2 Å². The van der Waals surface area contributed by atoms with Crippen LogP contribution in [0.5, 0.6) is 0 Å². The van der Waals surface area contributed by atoms with Crippen LogP contribution in [-0.4, -0.2) is 39.3 Å². The number of rotatable bonds is 9. The zero-order valence-electron chi connectivity index (χ0n) is 17.5. The molecule has 0 saturated heterocycles. The molecular weight excluding hydrogens is 411 g/mol. The maximum absolute atomic E-state index is 12.9. The summed E-state index contributed by atoms with van der Waals surface area (Å²) >= 11 is 0. The van der Waals surface area contributed by atoms with Gasteiger partial charge in [0.05, 0.1) is 12.7 Å². The Morgan fingerprint density at radius 1 is 1.10 bits per heavy atom. The van der Waals surface area contributed by atoms with Crippen molar-refractivity contribution in [2.75, 3.05) is 18.5 Å². The van der Waals surface area contributed by atoms with Crippen LogP contribution >= 0.6 is 0 Å². The lowest BCUT2D eigenvalue weighted by Gasteiger charge is -2.16. The monoisotopic (exact) mass is 435 g/mol. The van der Waals surface area contributed by atoms with E-state index in [4.69, 9.17) is 9.47 Å². The minimum Gasteiger partial charge on any atom is -0.351 e. The SMILES string of the molecule is CCOC(Cn1cc(-c2cc(C)cc(Nc3nccc(C(F)(F)F)n3)c2)cn1)OCC. The maximum atomic E-state index is 12.9. The molecule has 0 aliphatic rings. The van der Waals surface area contributed by atoms with Gasteiger partial charge in [0.1, 0.15) is 5.69 Å². The summed E-state index contributed by atoms with van der Waals surface area (Å²) in [7, 11) is 0. The summed E-state index contributed by atoms with van der Waals surface area (Å²) in [5.74, 6) is -0.127. The van der Waals surface area contributed by atoms with E-state index in [2.05, 4.69) is 20.4 Å². The number of ether oxygens (including phenoxy) is 2. The molecule has 0 amide bonds. The van der Waals surface area contributed by atoms with E-state index in [0.29, 0.717) is 25.4 Å². The van der Waals surface area contributed by atoms with Crippen LogP contribution in [0, 0.1) is 6.92 Å². The fourth-order valence-corrected chi connectivity index (χ4v) is 3.02. The van der Waals surface area contributed by atoms with Crippen LogP contribution in [0.1, 0.15) is 25.1 Å². The molecule has 166 valence electrons. The van der Waals surface area contributed by atoms with Crippen LogP contribution < -0.4 is 5.32 Å². The van der Waals surface area contributed by atoms with Crippen molar-refractivity contribution in [3.63, 3.8) is 0 Å². The van der Waals surface area contributed by atoms with Gasteiger partial charge >= 0.3 is 6.18 Å². The summed E-state index contributed by atoms with van der Waals surface area (Å²) in [5.41, 5.74) is 2.19. The summed E-state index contributed by atoms with van der Waals surface area (Å²) in [5, 5.41) is 7.22. The predicted octanol–water partition coefficient (Wildman–Crippen LogP) is 4.81. The average molecular weight is 435 g/mol. The van der Waals surface area contributed by atoms with Gasteiger partial charge in [-0.15, -0.1) is 0 Å². The molecule has 0 unspecified atom stereocenters. The molecule has 31 heavy (non-hydrogen) atoms. The van der Waals surface area contributed by atoms with Crippen molar-refractivity contribution in [1.82, 2.24) is 19.7 Å². The summed E-state index contributed by atoms with van der Waals surface area (Å²) in [6.07, 6.45) is -0.271. The molecule has 10 heteroatoms. The Bertz CT molecular complexity index is 1000. The number of nitrogens with one attached hydrogen (secondary N) is 1. The van der Waals surface area contributed by atoms with Crippen molar-refractivity contribution >= 4 is 11.6 Å². The van der Waals surface area contributed by atoms with Crippen LogP contribution in [0.3, 0.4) is 0 Å². The van der Waals surface area contributed by atoms with E-state index in [9.17, 15) is 13.2 Å². The molecule has 3 aromatic rings. The van der Waals surface area contributed by atoms with Crippen molar-refractivity contribution in [2.45, 2.75) is 39.8 Å². The van der Waals surface area contributed by atoms with Gasteiger partial charge in [0.2, 0.25) is 5.95 Å². The third-order valence-corrected chi connectivity index (χ3v) is 4.29. The van der Waals surface area contributed by atoms with Crippen molar-refractivity contribution in [3.8, 4) is 11.1 Å². The highest BCUT2D eigenvalue weighted by atomic mass is 19.4. The van der Waals surface area contributed by atoms with Gasteiger partial charge in [-0.25, -0.2) is 9.97 Å². The molecule has 0 aliphatic carbocycles. The lowest BCUT2D eigenvalue weighted by Crippen LogP contribution is -2.23. The van der Waals surface area contributed by atoms with Gasteiger partial charge in [0.25, 0.3) is 0 Å². The minimum atomic E-state index is -4.54. The Balaban J connectivity index is 1.80. The molecule has 0 atom stereocenters. The topological polar surface area (TPSA) is 74.1 Å². The second-order valence-corrected chi connectivity index (χ2v) is 6.77. The third kappa shape index (κ3) is 6.25. The smallest absolute Gasteiger partial charge is 0.351 e. The lowest BCUT2D eigenvalue weighted by atomic mass is 10.1. The van der Waals surface area contributed by atoms with E-state index in [1.165, 1.54) is 0 Å². The van der Waals surface area contributed by atoms with Crippen LogP contribution in [0.4, 0.5) is 24.8 Å². The molecule has 2 aromatic heterocycles. The van der Waals surface area contributed by atoms with Crippen LogP contribution in [0.2, 0.25) is 0 Å².